The van der Waals surface area contributed by atoms with Crippen molar-refractivity contribution < 1.29 is 0 Å². The van der Waals surface area contributed by atoms with Crippen molar-refractivity contribution in [3.05, 3.63) is 54.1 Å². The van der Waals surface area contributed by atoms with Gasteiger partial charge < -0.3 is 10.3 Å². The van der Waals surface area contributed by atoms with E-state index in [9.17, 15) is 0 Å². The average molecular weight is 281 g/mol. The van der Waals surface area contributed by atoms with E-state index in [2.05, 4.69) is 45.6 Å². The average Bonchev–Trinajstić information content (AvgIpc) is 2.89. The summed E-state index contributed by atoms with van der Waals surface area (Å²) in [7, 11) is 0. The zero-order valence-electron chi connectivity index (χ0n) is 11.0. The van der Waals surface area contributed by atoms with E-state index in [1.807, 2.05) is 18.2 Å². The maximum atomic E-state index is 4.63. The number of hydrogen-bond donors (Lipinski definition) is 2. The van der Waals surface area contributed by atoms with Gasteiger partial charge in [-0.1, -0.05) is 42.1 Å². The standard InChI is InChI=1S/C16H15N3S/c1-2-6-12-11(5-1)9-10-15(17-12)20-16-18-13-7-3-4-8-14(13)19-16/h1-8,15,17H,9-10H2,(H,18,19). The van der Waals surface area contributed by atoms with Crippen molar-refractivity contribution in [3.8, 4) is 0 Å². The minimum absolute atomic E-state index is 0.380. The van der Waals surface area contributed by atoms with Gasteiger partial charge in [0, 0.05) is 5.69 Å². The summed E-state index contributed by atoms with van der Waals surface area (Å²) in [5, 5.41) is 4.96. The molecule has 0 saturated carbocycles. The highest BCUT2D eigenvalue weighted by molar-refractivity contribution is 7.99. The van der Waals surface area contributed by atoms with Crippen molar-refractivity contribution in [1.82, 2.24) is 9.97 Å². The molecule has 0 radical (unpaired) electrons. The Hall–Kier alpha value is -1.94. The second-order valence-corrected chi connectivity index (χ2v) is 6.20. The van der Waals surface area contributed by atoms with Crippen molar-refractivity contribution in [2.24, 2.45) is 0 Å². The van der Waals surface area contributed by atoms with Crippen LogP contribution in [0, 0.1) is 0 Å². The number of nitrogens with one attached hydrogen (secondary N) is 2. The summed E-state index contributed by atoms with van der Waals surface area (Å²) in [4.78, 5) is 8.01. The van der Waals surface area contributed by atoms with E-state index >= 15 is 0 Å². The van der Waals surface area contributed by atoms with Crippen LogP contribution in [0.4, 0.5) is 5.69 Å². The van der Waals surface area contributed by atoms with Crippen LogP contribution in [-0.2, 0) is 6.42 Å². The molecule has 4 rings (SSSR count). The molecule has 0 aliphatic carbocycles. The molecule has 20 heavy (non-hydrogen) atoms. The van der Waals surface area contributed by atoms with Gasteiger partial charge in [-0.05, 0) is 36.6 Å². The molecule has 3 nitrogen and oxygen atoms in total. The monoisotopic (exact) mass is 281 g/mol. The van der Waals surface area contributed by atoms with Crippen LogP contribution >= 0.6 is 11.8 Å². The van der Waals surface area contributed by atoms with Crippen molar-refractivity contribution >= 4 is 28.5 Å². The van der Waals surface area contributed by atoms with Gasteiger partial charge in [0.15, 0.2) is 5.16 Å². The molecule has 2 N–H and O–H groups in total. The molecule has 2 aromatic carbocycles. The van der Waals surface area contributed by atoms with Gasteiger partial charge in [0.25, 0.3) is 0 Å². The van der Waals surface area contributed by atoms with Gasteiger partial charge in [0.2, 0.25) is 0 Å². The van der Waals surface area contributed by atoms with Crippen molar-refractivity contribution in [1.29, 1.82) is 0 Å². The first kappa shape index (κ1) is 11.9. The molecule has 100 valence electrons. The van der Waals surface area contributed by atoms with E-state index in [0.29, 0.717) is 5.37 Å². The van der Waals surface area contributed by atoms with E-state index < -0.39 is 0 Å². The largest absolute Gasteiger partial charge is 0.373 e. The van der Waals surface area contributed by atoms with E-state index in [1.54, 1.807) is 11.8 Å². The van der Waals surface area contributed by atoms with Gasteiger partial charge in [-0.3, -0.25) is 0 Å². The zero-order chi connectivity index (χ0) is 13.4. The zero-order valence-corrected chi connectivity index (χ0v) is 11.8. The highest BCUT2D eigenvalue weighted by Gasteiger charge is 2.19. The maximum absolute atomic E-state index is 4.63. The number of anilines is 1. The van der Waals surface area contributed by atoms with Crippen LogP contribution in [0.25, 0.3) is 11.0 Å². The molecular formula is C16H15N3S. The number of aryl methyl sites for hydroxylation is 1. The number of thioether (sulfide) groups is 1. The Morgan fingerprint density at radius 3 is 2.85 bits per heavy atom. The van der Waals surface area contributed by atoms with Crippen LogP contribution in [-0.4, -0.2) is 15.3 Å². The lowest BCUT2D eigenvalue weighted by molar-refractivity contribution is 0.786. The van der Waals surface area contributed by atoms with E-state index in [-0.39, 0.29) is 0 Å². The first-order chi connectivity index (χ1) is 9.88. The Bertz CT molecular complexity index is 717. The van der Waals surface area contributed by atoms with Gasteiger partial charge in [0.1, 0.15) is 0 Å². The minimum atomic E-state index is 0.380. The summed E-state index contributed by atoms with van der Waals surface area (Å²) in [5.74, 6) is 0. The van der Waals surface area contributed by atoms with Crippen molar-refractivity contribution in [2.45, 2.75) is 23.4 Å². The third-order valence-electron chi connectivity index (χ3n) is 3.63. The van der Waals surface area contributed by atoms with Gasteiger partial charge in [-0.2, -0.15) is 0 Å². The molecule has 1 aliphatic heterocycles. The van der Waals surface area contributed by atoms with Gasteiger partial charge >= 0.3 is 0 Å². The molecule has 0 fully saturated rings. The minimum Gasteiger partial charge on any atom is -0.373 e. The van der Waals surface area contributed by atoms with Gasteiger partial charge in [0.05, 0.1) is 16.4 Å². The second kappa shape index (κ2) is 4.87. The molecule has 0 amide bonds. The van der Waals surface area contributed by atoms with Crippen molar-refractivity contribution in [3.63, 3.8) is 0 Å². The third-order valence-corrected chi connectivity index (χ3v) is 4.69. The van der Waals surface area contributed by atoms with E-state index in [0.717, 1.165) is 29.0 Å². The molecule has 0 saturated heterocycles. The predicted molar refractivity (Wildman–Crippen MR) is 84.1 cm³/mol. The lowest BCUT2D eigenvalue weighted by atomic mass is 10.0. The molecule has 3 aromatic rings. The number of aromatic amines is 1. The first-order valence-corrected chi connectivity index (χ1v) is 7.72. The third kappa shape index (κ3) is 2.16. The SMILES string of the molecule is c1ccc2c(c1)CCC(Sc1nc3ccccc3[nH]1)N2. The topological polar surface area (TPSA) is 40.7 Å². The molecule has 1 aromatic heterocycles. The number of rotatable bonds is 2. The van der Waals surface area contributed by atoms with Crippen LogP contribution in [0.2, 0.25) is 0 Å². The molecule has 1 unspecified atom stereocenters. The number of benzene rings is 2. The number of para-hydroxylation sites is 3. The first-order valence-electron chi connectivity index (χ1n) is 6.84. The van der Waals surface area contributed by atoms with Crippen molar-refractivity contribution in [2.75, 3.05) is 5.32 Å². The number of nitrogens with zero attached hydrogens (tertiary/aromatic N) is 1. The van der Waals surface area contributed by atoms with Crippen LogP contribution in [0.1, 0.15) is 12.0 Å². The van der Waals surface area contributed by atoms with Crippen LogP contribution in [0.15, 0.2) is 53.7 Å². The number of aromatic nitrogens is 2. The molecule has 0 bridgehead atoms. The summed E-state index contributed by atoms with van der Waals surface area (Å²) in [5.41, 5.74) is 4.80. The summed E-state index contributed by atoms with van der Waals surface area (Å²) in [6.45, 7) is 0. The van der Waals surface area contributed by atoms with Gasteiger partial charge in [-0.15, -0.1) is 0 Å². The Labute approximate surface area is 121 Å². The Morgan fingerprint density at radius 1 is 1.05 bits per heavy atom. The summed E-state index contributed by atoms with van der Waals surface area (Å²) < 4.78 is 0. The number of H-pyrrole nitrogens is 1. The second-order valence-electron chi connectivity index (χ2n) is 5.01. The fourth-order valence-electron chi connectivity index (χ4n) is 2.62. The summed E-state index contributed by atoms with van der Waals surface area (Å²) in [6.07, 6.45) is 2.25. The van der Waals surface area contributed by atoms with Crippen LogP contribution < -0.4 is 5.32 Å². The fourth-order valence-corrected chi connectivity index (χ4v) is 3.63. The van der Waals surface area contributed by atoms with Crippen LogP contribution in [0.5, 0.6) is 0 Å². The van der Waals surface area contributed by atoms with Gasteiger partial charge in [-0.25, -0.2) is 4.98 Å². The Morgan fingerprint density at radius 2 is 1.90 bits per heavy atom. The number of fused-ring (bicyclic) bond motifs is 2. The highest BCUT2D eigenvalue weighted by Crippen LogP contribution is 2.32. The Balaban J connectivity index is 1.55. The fraction of sp³-hybridized carbons (Fsp3) is 0.188. The Kier molecular flexibility index (Phi) is 2.89. The quantitative estimate of drug-likeness (QED) is 0.745. The molecule has 4 heteroatoms. The van der Waals surface area contributed by atoms with E-state index in [1.165, 1.54) is 11.3 Å². The normalized spacial score (nSPS) is 17.7. The number of imidazole rings is 1. The maximum Gasteiger partial charge on any atom is 0.168 e. The predicted octanol–water partition coefficient (Wildman–Crippen LogP) is 4.04. The lowest BCUT2D eigenvalue weighted by Gasteiger charge is -2.25. The molecule has 0 spiro atoms. The highest BCUT2D eigenvalue weighted by atomic mass is 32.2. The number of hydrogen-bond acceptors (Lipinski definition) is 3. The molecular weight excluding hydrogens is 266 g/mol. The lowest BCUT2D eigenvalue weighted by Crippen LogP contribution is -2.22. The summed E-state index contributed by atoms with van der Waals surface area (Å²) in [6, 6.07) is 16.7. The van der Waals surface area contributed by atoms with E-state index in [4.69, 9.17) is 0 Å². The molecule has 1 aliphatic rings. The smallest absolute Gasteiger partial charge is 0.168 e. The summed E-state index contributed by atoms with van der Waals surface area (Å²) >= 11 is 1.78. The molecule has 2 heterocycles. The van der Waals surface area contributed by atoms with Crippen LogP contribution in [0.3, 0.4) is 0 Å². The molecule has 1 atom stereocenters.